The average molecular weight is 517 g/mol. The number of carbonyl (C=O) groups excluding carboxylic acids is 2. The van der Waals surface area contributed by atoms with Crippen molar-refractivity contribution in [2.75, 3.05) is 13.2 Å². The van der Waals surface area contributed by atoms with Crippen LogP contribution in [0.3, 0.4) is 0 Å². The number of fused-ring (bicyclic) bond motifs is 6. The van der Waals surface area contributed by atoms with Crippen molar-refractivity contribution in [2.24, 2.45) is 39.4 Å². The standard InChI is InChI=1S/C30H44O7/c1-17-14-30(35)23(33)18(2)24(34)36-16-28(15-31)21-7-6-20-19(25(21,3)10-9-22(28)32)8-11-27(5)26(20,4)12-13-29(17,27)37-30/h17-18,21,23,31,33,35H,6-16H2,1-5H3/t17-,18-,21-,23+,25-,26-,27+,28+,29+,30+/m1/s1. The van der Waals surface area contributed by atoms with Gasteiger partial charge in [-0.05, 0) is 74.5 Å². The summed E-state index contributed by atoms with van der Waals surface area (Å²) in [7, 11) is 0. The first kappa shape index (κ1) is 26.0. The third kappa shape index (κ3) is 2.82. The molecule has 0 aromatic carbocycles. The van der Waals surface area contributed by atoms with E-state index in [4.69, 9.17) is 9.47 Å². The number of rotatable bonds is 1. The van der Waals surface area contributed by atoms with Gasteiger partial charge in [0.25, 0.3) is 0 Å². The van der Waals surface area contributed by atoms with Crippen LogP contribution < -0.4 is 0 Å². The fourth-order valence-electron chi connectivity index (χ4n) is 10.7. The van der Waals surface area contributed by atoms with Crippen molar-refractivity contribution < 1.29 is 34.4 Å². The van der Waals surface area contributed by atoms with Crippen LogP contribution in [0, 0.1) is 39.4 Å². The average Bonchev–Trinajstić information content (AvgIpc) is 3.27. The van der Waals surface area contributed by atoms with Gasteiger partial charge in [-0.2, -0.15) is 0 Å². The van der Waals surface area contributed by atoms with Gasteiger partial charge in [0.1, 0.15) is 18.5 Å². The van der Waals surface area contributed by atoms with Crippen LogP contribution in [0.25, 0.3) is 0 Å². The van der Waals surface area contributed by atoms with Gasteiger partial charge >= 0.3 is 5.97 Å². The van der Waals surface area contributed by atoms with Gasteiger partial charge in [-0.15, -0.1) is 0 Å². The number of aliphatic hydroxyl groups excluding tert-OH is 2. The molecule has 10 atom stereocenters. The van der Waals surface area contributed by atoms with Gasteiger partial charge in [-0.25, -0.2) is 0 Å². The van der Waals surface area contributed by atoms with E-state index in [0.717, 1.165) is 44.9 Å². The Balaban J connectivity index is 1.57. The van der Waals surface area contributed by atoms with Crippen LogP contribution in [0.2, 0.25) is 0 Å². The number of hydrogen-bond acceptors (Lipinski definition) is 7. The summed E-state index contributed by atoms with van der Waals surface area (Å²) in [6, 6.07) is 0. The van der Waals surface area contributed by atoms with Gasteiger partial charge in [-0.1, -0.05) is 38.8 Å². The summed E-state index contributed by atoms with van der Waals surface area (Å²) in [6.45, 7) is 10.1. The Hall–Kier alpha value is -1.28. The molecule has 7 rings (SSSR count). The van der Waals surface area contributed by atoms with Crippen molar-refractivity contribution in [3.05, 3.63) is 11.1 Å². The van der Waals surface area contributed by atoms with Crippen LogP contribution in [-0.4, -0.2) is 57.8 Å². The van der Waals surface area contributed by atoms with Gasteiger partial charge in [0, 0.05) is 18.3 Å². The van der Waals surface area contributed by atoms with Gasteiger partial charge in [-0.3, -0.25) is 9.59 Å². The Morgan fingerprint density at radius 2 is 1.70 bits per heavy atom. The zero-order valence-corrected chi connectivity index (χ0v) is 23.1. The molecule has 7 heteroatoms. The Morgan fingerprint density at radius 3 is 2.41 bits per heavy atom. The lowest BCUT2D eigenvalue weighted by Crippen LogP contribution is -2.60. The van der Waals surface area contributed by atoms with E-state index in [1.54, 1.807) is 6.92 Å². The van der Waals surface area contributed by atoms with Crippen molar-refractivity contribution in [3.63, 3.8) is 0 Å². The molecule has 3 saturated heterocycles. The van der Waals surface area contributed by atoms with Crippen molar-refractivity contribution >= 4 is 11.8 Å². The van der Waals surface area contributed by atoms with Crippen LogP contribution in [0.1, 0.15) is 92.4 Å². The highest BCUT2D eigenvalue weighted by molar-refractivity contribution is 5.87. The number of ketones is 1. The molecule has 5 fully saturated rings. The number of aliphatic hydroxyl groups is 3. The minimum Gasteiger partial charge on any atom is -0.464 e. The first-order valence-electron chi connectivity index (χ1n) is 14.4. The molecule has 3 heterocycles. The fraction of sp³-hybridized carbons (Fsp3) is 0.867. The van der Waals surface area contributed by atoms with E-state index in [1.165, 1.54) is 11.1 Å². The molecule has 0 aromatic heterocycles. The quantitative estimate of drug-likeness (QED) is 0.360. The van der Waals surface area contributed by atoms with Crippen molar-refractivity contribution in [1.29, 1.82) is 0 Å². The van der Waals surface area contributed by atoms with Crippen LogP contribution in [0.4, 0.5) is 0 Å². The molecule has 4 aliphatic carbocycles. The topological polar surface area (TPSA) is 113 Å². The third-order valence-corrected chi connectivity index (χ3v) is 13.1. The zero-order chi connectivity index (χ0) is 26.8. The van der Waals surface area contributed by atoms with Crippen LogP contribution >= 0.6 is 0 Å². The maximum Gasteiger partial charge on any atom is 0.311 e. The summed E-state index contributed by atoms with van der Waals surface area (Å²) >= 11 is 0. The van der Waals surface area contributed by atoms with Crippen molar-refractivity contribution in [3.8, 4) is 0 Å². The Labute approximate surface area is 220 Å². The second-order valence-electron chi connectivity index (χ2n) is 14.2. The summed E-state index contributed by atoms with van der Waals surface area (Å²) in [6.07, 6.45) is 5.09. The molecule has 2 saturated carbocycles. The lowest BCUT2D eigenvalue weighted by atomic mass is 9.43. The third-order valence-electron chi connectivity index (χ3n) is 13.1. The summed E-state index contributed by atoms with van der Waals surface area (Å²) in [5, 5.41) is 33.8. The second kappa shape index (κ2) is 7.67. The Kier molecular flexibility index (Phi) is 5.39. The zero-order valence-electron chi connectivity index (χ0n) is 23.1. The number of Topliss-reactive ketones (excluding diaryl/α,β-unsaturated/α-hetero) is 1. The maximum atomic E-state index is 13.5. The molecule has 9 bridgehead atoms. The molecule has 0 aromatic rings. The van der Waals surface area contributed by atoms with Crippen LogP contribution in [0.5, 0.6) is 0 Å². The van der Waals surface area contributed by atoms with Crippen LogP contribution in [0.15, 0.2) is 11.1 Å². The highest BCUT2D eigenvalue weighted by Gasteiger charge is 2.74. The molecule has 1 spiro atoms. The summed E-state index contributed by atoms with van der Waals surface area (Å²) in [5.41, 5.74) is 0.576. The molecule has 0 radical (unpaired) electrons. The molecule has 3 N–H and O–H groups in total. The molecule has 7 nitrogen and oxygen atoms in total. The van der Waals surface area contributed by atoms with Crippen LogP contribution in [-0.2, 0) is 19.1 Å². The molecule has 3 aliphatic heterocycles. The largest absolute Gasteiger partial charge is 0.464 e. The summed E-state index contributed by atoms with van der Waals surface area (Å²) in [4.78, 5) is 26.7. The summed E-state index contributed by atoms with van der Waals surface area (Å²) in [5.74, 6) is -3.71. The Bertz CT molecular complexity index is 1080. The number of hydrogen-bond donors (Lipinski definition) is 3. The molecule has 0 amide bonds. The van der Waals surface area contributed by atoms with Gasteiger partial charge in [0.2, 0.25) is 0 Å². The van der Waals surface area contributed by atoms with E-state index in [-0.39, 0.29) is 53.5 Å². The number of ether oxygens (including phenoxy) is 2. The molecule has 37 heavy (non-hydrogen) atoms. The van der Waals surface area contributed by atoms with Gasteiger partial charge in [0.05, 0.1) is 23.5 Å². The number of esters is 1. The van der Waals surface area contributed by atoms with Crippen molar-refractivity contribution in [2.45, 2.75) is 110 Å². The normalized spacial score (nSPS) is 55.4. The molecule has 0 unspecified atom stereocenters. The van der Waals surface area contributed by atoms with E-state index in [1.807, 2.05) is 0 Å². The highest BCUT2D eigenvalue weighted by Crippen LogP contribution is 2.75. The van der Waals surface area contributed by atoms with Gasteiger partial charge in [0.15, 0.2) is 5.79 Å². The van der Waals surface area contributed by atoms with E-state index >= 15 is 0 Å². The van der Waals surface area contributed by atoms with E-state index in [9.17, 15) is 24.9 Å². The van der Waals surface area contributed by atoms with E-state index in [2.05, 4.69) is 27.7 Å². The smallest absolute Gasteiger partial charge is 0.311 e. The molecule has 206 valence electrons. The highest BCUT2D eigenvalue weighted by atomic mass is 16.7. The SMILES string of the molecule is C[C@@H]1C[C@]2(O)O[C@@]13CC[C@]1(C)C4=C(CC[C@]31C)[C@@]1(C)CCC(=O)[C@@](CO)(COC(=O)[C@H](C)[C@@H]2O)[C@@H]1CC4. The van der Waals surface area contributed by atoms with Crippen molar-refractivity contribution in [1.82, 2.24) is 0 Å². The molecule has 7 aliphatic rings. The monoisotopic (exact) mass is 516 g/mol. The lowest BCUT2D eigenvalue weighted by molar-refractivity contribution is -0.298. The first-order chi connectivity index (χ1) is 17.2. The first-order valence-corrected chi connectivity index (χ1v) is 14.4. The summed E-state index contributed by atoms with van der Waals surface area (Å²) < 4.78 is 12.4. The number of allylic oxidation sites excluding steroid dienone is 2. The van der Waals surface area contributed by atoms with Gasteiger partial charge < -0.3 is 24.8 Å². The molecular formula is C30H44O7. The minimum atomic E-state index is -1.86. The fourth-order valence-corrected chi connectivity index (χ4v) is 10.7. The minimum absolute atomic E-state index is 0.0125. The Morgan fingerprint density at radius 1 is 0.973 bits per heavy atom. The van der Waals surface area contributed by atoms with E-state index < -0.39 is 34.8 Å². The number of carbonyl (C=O) groups is 2. The predicted octanol–water partition coefficient (Wildman–Crippen LogP) is 3.68. The molecular weight excluding hydrogens is 472 g/mol. The second-order valence-corrected chi connectivity index (χ2v) is 14.2. The van der Waals surface area contributed by atoms with E-state index in [0.29, 0.717) is 6.42 Å². The lowest BCUT2D eigenvalue weighted by Gasteiger charge is -2.62. The maximum absolute atomic E-state index is 13.5. The predicted molar refractivity (Wildman–Crippen MR) is 135 cm³/mol.